The van der Waals surface area contributed by atoms with E-state index in [0.717, 1.165) is 19.1 Å². The molecule has 0 saturated heterocycles. The number of hydrogen-bond acceptors (Lipinski definition) is 3. The van der Waals surface area contributed by atoms with Crippen LogP contribution in [0.25, 0.3) is 5.57 Å². The lowest BCUT2D eigenvalue weighted by Gasteiger charge is -2.22. The molecule has 0 saturated carbocycles. The first kappa shape index (κ1) is 13.3. The molecule has 2 rings (SSSR count). The molecular weight excluding hydrogens is 248 g/mol. The van der Waals surface area contributed by atoms with Gasteiger partial charge in [-0.05, 0) is 42.9 Å². The van der Waals surface area contributed by atoms with Gasteiger partial charge in [0.1, 0.15) is 0 Å². The van der Waals surface area contributed by atoms with Gasteiger partial charge in [0.25, 0.3) is 10.1 Å². The molecule has 0 spiro atoms. The van der Waals surface area contributed by atoms with Crippen LogP contribution in [0.5, 0.6) is 0 Å². The van der Waals surface area contributed by atoms with Crippen LogP contribution in [0.4, 0.5) is 0 Å². The summed E-state index contributed by atoms with van der Waals surface area (Å²) in [6, 6.07) is 8.26. The fourth-order valence-electron chi connectivity index (χ4n) is 2.32. The molecule has 1 aromatic rings. The Morgan fingerprint density at radius 3 is 2.56 bits per heavy atom. The van der Waals surface area contributed by atoms with Crippen LogP contribution < -0.4 is 0 Å². The van der Waals surface area contributed by atoms with Gasteiger partial charge >= 0.3 is 0 Å². The summed E-state index contributed by atoms with van der Waals surface area (Å²) in [5.41, 5.74) is 3.81. The van der Waals surface area contributed by atoms with Gasteiger partial charge in [-0.3, -0.25) is 4.18 Å². The second-order valence-corrected chi connectivity index (χ2v) is 6.34. The van der Waals surface area contributed by atoms with Crippen molar-refractivity contribution in [3.8, 4) is 0 Å². The maximum atomic E-state index is 11.1. The molecular formula is C14H18O3S. The van der Waals surface area contributed by atoms with Crippen molar-refractivity contribution in [1.29, 1.82) is 0 Å². The summed E-state index contributed by atoms with van der Waals surface area (Å²) in [7, 11) is -3.34. The summed E-state index contributed by atoms with van der Waals surface area (Å²) in [5.74, 6) is 0. The molecule has 0 amide bonds. The smallest absolute Gasteiger partial charge is 0.264 e. The zero-order valence-electron chi connectivity index (χ0n) is 10.7. The Morgan fingerprint density at radius 1 is 1.28 bits per heavy atom. The quantitative estimate of drug-likeness (QED) is 0.790. The molecule has 0 unspecified atom stereocenters. The van der Waals surface area contributed by atoms with E-state index in [2.05, 4.69) is 25.1 Å². The largest absolute Gasteiger partial charge is 0.267 e. The molecule has 0 bridgehead atoms. The van der Waals surface area contributed by atoms with Gasteiger partial charge in [0.05, 0.1) is 12.4 Å². The van der Waals surface area contributed by atoms with Gasteiger partial charge < -0.3 is 0 Å². The van der Waals surface area contributed by atoms with E-state index in [-0.39, 0.29) is 6.10 Å². The van der Waals surface area contributed by atoms with Crippen LogP contribution in [0.1, 0.15) is 30.4 Å². The van der Waals surface area contributed by atoms with Crippen molar-refractivity contribution in [3.63, 3.8) is 0 Å². The van der Waals surface area contributed by atoms with Crippen LogP contribution in [0, 0.1) is 6.92 Å². The highest BCUT2D eigenvalue weighted by atomic mass is 32.2. The molecule has 1 aliphatic rings. The Labute approximate surface area is 109 Å². The third-order valence-electron chi connectivity index (χ3n) is 3.16. The SMILES string of the molecule is Cc1ccccc1C1=CC[C@@H](OS(C)(=O)=O)CC1. The summed E-state index contributed by atoms with van der Waals surface area (Å²) in [6.45, 7) is 2.09. The van der Waals surface area contributed by atoms with E-state index in [1.54, 1.807) is 0 Å². The second-order valence-electron chi connectivity index (χ2n) is 4.74. The average molecular weight is 266 g/mol. The van der Waals surface area contributed by atoms with Crippen molar-refractivity contribution in [2.75, 3.05) is 6.26 Å². The molecule has 0 aromatic heterocycles. The van der Waals surface area contributed by atoms with E-state index < -0.39 is 10.1 Å². The molecule has 0 N–H and O–H groups in total. The monoisotopic (exact) mass is 266 g/mol. The van der Waals surface area contributed by atoms with Crippen LogP contribution in [0.3, 0.4) is 0 Å². The summed E-state index contributed by atoms with van der Waals surface area (Å²) in [4.78, 5) is 0. The number of allylic oxidation sites excluding steroid dienone is 1. The molecule has 4 heteroatoms. The van der Waals surface area contributed by atoms with Gasteiger partial charge in [0, 0.05) is 0 Å². The van der Waals surface area contributed by atoms with Crippen molar-refractivity contribution < 1.29 is 12.6 Å². The third-order valence-corrected chi connectivity index (χ3v) is 3.79. The Balaban J connectivity index is 2.10. The van der Waals surface area contributed by atoms with Crippen LogP contribution in [-0.4, -0.2) is 20.8 Å². The topological polar surface area (TPSA) is 43.4 Å². The second kappa shape index (κ2) is 5.24. The van der Waals surface area contributed by atoms with E-state index in [1.807, 2.05) is 12.1 Å². The lowest BCUT2D eigenvalue weighted by molar-refractivity contribution is 0.202. The molecule has 0 radical (unpaired) electrons. The normalized spacial score (nSPS) is 20.6. The summed E-state index contributed by atoms with van der Waals surface area (Å²) < 4.78 is 27.1. The van der Waals surface area contributed by atoms with E-state index in [4.69, 9.17) is 4.18 Å². The van der Waals surface area contributed by atoms with E-state index in [1.165, 1.54) is 16.7 Å². The molecule has 1 aliphatic carbocycles. The summed E-state index contributed by atoms with van der Waals surface area (Å²) in [6.07, 6.45) is 5.29. The summed E-state index contributed by atoms with van der Waals surface area (Å²) in [5, 5.41) is 0. The third kappa shape index (κ3) is 3.43. The fraction of sp³-hybridized carbons (Fsp3) is 0.429. The zero-order valence-corrected chi connectivity index (χ0v) is 11.5. The van der Waals surface area contributed by atoms with Crippen LogP contribution in [0.15, 0.2) is 30.3 Å². The Morgan fingerprint density at radius 2 is 2.00 bits per heavy atom. The molecule has 98 valence electrons. The number of aryl methyl sites for hydroxylation is 1. The zero-order chi connectivity index (χ0) is 13.2. The lowest BCUT2D eigenvalue weighted by atomic mass is 9.90. The highest BCUT2D eigenvalue weighted by molar-refractivity contribution is 7.86. The molecule has 0 heterocycles. The van der Waals surface area contributed by atoms with Gasteiger partial charge in [0.2, 0.25) is 0 Å². The summed E-state index contributed by atoms with van der Waals surface area (Å²) >= 11 is 0. The molecule has 0 fully saturated rings. The molecule has 1 aromatic carbocycles. The van der Waals surface area contributed by atoms with Crippen LogP contribution in [-0.2, 0) is 14.3 Å². The first-order valence-electron chi connectivity index (χ1n) is 6.09. The van der Waals surface area contributed by atoms with E-state index >= 15 is 0 Å². The van der Waals surface area contributed by atoms with Crippen LogP contribution in [0.2, 0.25) is 0 Å². The predicted octanol–water partition coefficient (Wildman–Crippen LogP) is 2.91. The van der Waals surface area contributed by atoms with E-state index in [9.17, 15) is 8.42 Å². The van der Waals surface area contributed by atoms with Crippen molar-refractivity contribution in [2.45, 2.75) is 32.3 Å². The molecule has 1 atom stereocenters. The van der Waals surface area contributed by atoms with Gasteiger partial charge in [-0.2, -0.15) is 8.42 Å². The van der Waals surface area contributed by atoms with Crippen molar-refractivity contribution in [1.82, 2.24) is 0 Å². The first-order valence-corrected chi connectivity index (χ1v) is 7.90. The highest BCUT2D eigenvalue weighted by Crippen LogP contribution is 2.30. The minimum Gasteiger partial charge on any atom is -0.267 e. The number of hydrogen-bond donors (Lipinski definition) is 0. The minimum absolute atomic E-state index is 0.201. The molecule has 18 heavy (non-hydrogen) atoms. The predicted molar refractivity (Wildman–Crippen MR) is 72.7 cm³/mol. The maximum Gasteiger partial charge on any atom is 0.264 e. The first-order chi connectivity index (χ1) is 8.46. The Bertz CT molecular complexity index is 558. The Hall–Kier alpha value is -1.13. The lowest BCUT2D eigenvalue weighted by Crippen LogP contribution is -2.19. The number of rotatable bonds is 3. The highest BCUT2D eigenvalue weighted by Gasteiger charge is 2.20. The van der Waals surface area contributed by atoms with Crippen molar-refractivity contribution >= 4 is 15.7 Å². The Kier molecular flexibility index (Phi) is 3.88. The van der Waals surface area contributed by atoms with Gasteiger partial charge in [-0.1, -0.05) is 30.3 Å². The van der Waals surface area contributed by atoms with Crippen molar-refractivity contribution in [3.05, 3.63) is 41.5 Å². The van der Waals surface area contributed by atoms with Crippen LogP contribution >= 0.6 is 0 Å². The fourth-order valence-corrected chi connectivity index (χ4v) is 2.99. The van der Waals surface area contributed by atoms with Gasteiger partial charge in [0.15, 0.2) is 0 Å². The number of benzene rings is 1. The molecule has 3 nitrogen and oxygen atoms in total. The van der Waals surface area contributed by atoms with Gasteiger partial charge in [-0.25, -0.2) is 0 Å². The standard InChI is InChI=1S/C14H18O3S/c1-11-5-3-4-6-14(11)12-7-9-13(10-8-12)17-18(2,15)16/h3-7,13H,8-10H2,1-2H3/t13-/m1/s1. The molecule has 0 aliphatic heterocycles. The van der Waals surface area contributed by atoms with Gasteiger partial charge in [-0.15, -0.1) is 0 Å². The van der Waals surface area contributed by atoms with E-state index in [0.29, 0.717) is 6.42 Å². The minimum atomic E-state index is -3.34. The average Bonchev–Trinajstić information content (AvgIpc) is 2.29. The maximum absolute atomic E-state index is 11.1. The van der Waals surface area contributed by atoms with Crippen molar-refractivity contribution in [2.24, 2.45) is 0 Å².